The smallest absolute Gasteiger partial charge is 0.335 e. The van der Waals surface area contributed by atoms with Crippen molar-refractivity contribution in [3.8, 4) is 17.2 Å². The molecule has 0 aromatic heterocycles. The molecule has 0 aliphatic carbocycles. The Kier molecular flexibility index (Phi) is 9.17. The molecular weight excluding hydrogens is 619 g/mol. The van der Waals surface area contributed by atoms with Gasteiger partial charge in [0.1, 0.15) is 30.4 Å². The number of ether oxygens (including phenoxy) is 3. The lowest BCUT2D eigenvalue weighted by Crippen LogP contribution is -2.54. The fraction of sp³-hybridized carbons (Fsp3) is 0.121. The van der Waals surface area contributed by atoms with Crippen molar-refractivity contribution in [1.82, 2.24) is 5.32 Å². The number of carbonyl (C=O) groups is 3. The van der Waals surface area contributed by atoms with E-state index >= 15 is 0 Å². The average Bonchev–Trinajstić information content (AvgIpc) is 3.00. The highest BCUT2D eigenvalue weighted by molar-refractivity contribution is 9.10. The van der Waals surface area contributed by atoms with E-state index < -0.39 is 23.7 Å². The fourth-order valence-corrected chi connectivity index (χ4v) is 4.71. The summed E-state index contributed by atoms with van der Waals surface area (Å²) >= 11 is 3.42. The van der Waals surface area contributed by atoms with Crippen LogP contribution in [0.4, 0.5) is 14.9 Å². The van der Waals surface area contributed by atoms with Gasteiger partial charge in [-0.15, -0.1) is 0 Å². The molecule has 10 heteroatoms. The van der Waals surface area contributed by atoms with E-state index in [9.17, 15) is 18.8 Å². The molecular formula is C33H26BrFN2O6. The Morgan fingerprint density at radius 1 is 0.791 bits per heavy atom. The molecule has 1 N–H and O–H groups in total. The highest BCUT2D eigenvalue weighted by Gasteiger charge is 2.37. The highest BCUT2D eigenvalue weighted by atomic mass is 79.9. The second-order valence-electron chi connectivity index (χ2n) is 9.39. The molecule has 1 aliphatic rings. The van der Waals surface area contributed by atoms with Crippen molar-refractivity contribution in [2.75, 3.05) is 11.5 Å². The molecule has 218 valence electrons. The molecule has 0 unspecified atom stereocenters. The SMILES string of the molecule is CCOc1cc(COc2ccc(Br)cc2/C=C2\C(=O)NC(=O)N(c3ccc(F)cc3)C2=O)ccc1OCc1ccccc1. The number of barbiturate groups is 1. The number of nitrogens with one attached hydrogen (secondary N) is 1. The number of imide groups is 2. The second-order valence-corrected chi connectivity index (χ2v) is 10.3. The largest absolute Gasteiger partial charge is 0.490 e. The van der Waals surface area contributed by atoms with E-state index in [0.717, 1.165) is 28.2 Å². The highest BCUT2D eigenvalue weighted by Crippen LogP contribution is 2.32. The lowest BCUT2D eigenvalue weighted by atomic mass is 10.1. The van der Waals surface area contributed by atoms with E-state index in [1.54, 1.807) is 18.2 Å². The lowest BCUT2D eigenvalue weighted by molar-refractivity contribution is -0.122. The number of anilines is 1. The Morgan fingerprint density at radius 2 is 1.49 bits per heavy atom. The van der Waals surface area contributed by atoms with Crippen LogP contribution in [-0.4, -0.2) is 24.5 Å². The summed E-state index contributed by atoms with van der Waals surface area (Å²) in [7, 11) is 0. The van der Waals surface area contributed by atoms with E-state index in [0.29, 0.717) is 40.5 Å². The third-order valence-corrected chi connectivity index (χ3v) is 6.89. The summed E-state index contributed by atoms with van der Waals surface area (Å²) in [5.41, 5.74) is 2.09. The normalized spacial score (nSPS) is 14.1. The molecule has 0 atom stereocenters. The number of halogens is 2. The molecule has 1 aliphatic heterocycles. The minimum Gasteiger partial charge on any atom is -0.490 e. The zero-order valence-electron chi connectivity index (χ0n) is 23.0. The van der Waals surface area contributed by atoms with Crippen molar-refractivity contribution in [2.24, 2.45) is 0 Å². The molecule has 0 radical (unpaired) electrons. The van der Waals surface area contributed by atoms with Gasteiger partial charge in [-0.3, -0.25) is 14.9 Å². The van der Waals surface area contributed by atoms with Crippen molar-refractivity contribution in [1.29, 1.82) is 0 Å². The number of rotatable bonds is 10. The maximum atomic E-state index is 13.4. The number of nitrogens with zero attached hydrogens (tertiary/aromatic N) is 1. The van der Waals surface area contributed by atoms with Crippen LogP contribution < -0.4 is 24.4 Å². The summed E-state index contributed by atoms with van der Waals surface area (Å²) in [5, 5.41) is 2.17. The lowest BCUT2D eigenvalue weighted by Gasteiger charge is -2.26. The predicted octanol–water partition coefficient (Wildman–Crippen LogP) is 6.81. The predicted molar refractivity (Wildman–Crippen MR) is 162 cm³/mol. The molecule has 1 fully saturated rings. The van der Waals surface area contributed by atoms with Crippen LogP contribution in [0.3, 0.4) is 0 Å². The second kappa shape index (κ2) is 13.3. The summed E-state index contributed by atoms with van der Waals surface area (Å²) in [4.78, 5) is 39.3. The molecule has 1 heterocycles. The number of amides is 4. The summed E-state index contributed by atoms with van der Waals surface area (Å²) in [6.45, 7) is 2.88. The molecule has 5 rings (SSSR count). The van der Waals surface area contributed by atoms with Crippen LogP contribution >= 0.6 is 15.9 Å². The third kappa shape index (κ3) is 7.10. The van der Waals surface area contributed by atoms with Gasteiger partial charge < -0.3 is 14.2 Å². The Balaban J connectivity index is 1.36. The van der Waals surface area contributed by atoms with Gasteiger partial charge in [-0.05, 0) is 78.7 Å². The van der Waals surface area contributed by atoms with Crippen molar-refractivity contribution >= 4 is 45.5 Å². The first-order valence-electron chi connectivity index (χ1n) is 13.3. The average molecular weight is 645 g/mol. The summed E-state index contributed by atoms with van der Waals surface area (Å²) < 4.78 is 32.0. The van der Waals surface area contributed by atoms with Crippen LogP contribution in [0.1, 0.15) is 23.6 Å². The van der Waals surface area contributed by atoms with Gasteiger partial charge in [0.2, 0.25) is 0 Å². The number of hydrogen-bond acceptors (Lipinski definition) is 6. The van der Waals surface area contributed by atoms with Gasteiger partial charge in [-0.1, -0.05) is 52.3 Å². The Labute approximate surface area is 255 Å². The first kappa shape index (κ1) is 29.5. The Hall–Kier alpha value is -4.96. The summed E-state index contributed by atoms with van der Waals surface area (Å²) in [6, 6.07) is 24.4. The van der Waals surface area contributed by atoms with Gasteiger partial charge in [-0.2, -0.15) is 0 Å². The van der Waals surface area contributed by atoms with Crippen molar-refractivity contribution in [3.05, 3.63) is 124 Å². The van der Waals surface area contributed by atoms with E-state index in [1.807, 2.05) is 55.5 Å². The molecule has 1 saturated heterocycles. The molecule has 0 spiro atoms. The number of urea groups is 1. The third-order valence-electron chi connectivity index (χ3n) is 6.40. The van der Waals surface area contributed by atoms with Gasteiger partial charge in [0.05, 0.1) is 12.3 Å². The molecule has 0 saturated carbocycles. The Morgan fingerprint density at radius 3 is 2.23 bits per heavy atom. The minimum atomic E-state index is -0.925. The van der Waals surface area contributed by atoms with Crippen LogP contribution in [0, 0.1) is 5.82 Å². The zero-order valence-corrected chi connectivity index (χ0v) is 24.6. The first-order valence-corrected chi connectivity index (χ1v) is 14.1. The van der Waals surface area contributed by atoms with Gasteiger partial charge in [-0.25, -0.2) is 14.1 Å². The maximum Gasteiger partial charge on any atom is 0.335 e. The molecule has 0 bridgehead atoms. The van der Waals surface area contributed by atoms with Gasteiger partial charge in [0.15, 0.2) is 11.5 Å². The van der Waals surface area contributed by atoms with Crippen molar-refractivity contribution in [3.63, 3.8) is 0 Å². The number of benzene rings is 4. The van der Waals surface area contributed by atoms with Gasteiger partial charge in [0, 0.05) is 10.0 Å². The first-order chi connectivity index (χ1) is 20.8. The molecule has 8 nitrogen and oxygen atoms in total. The molecule has 43 heavy (non-hydrogen) atoms. The monoisotopic (exact) mass is 644 g/mol. The minimum absolute atomic E-state index is 0.120. The van der Waals surface area contributed by atoms with E-state index in [1.165, 1.54) is 18.2 Å². The topological polar surface area (TPSA) is 94.2 Å². The van der Waals surface area contributed by atoms with Crippen molar-refractivity contribution in [2.45, 2.75) is 20.1 Å². The zero-order chi connectivity index (χ0) is 30.3. The fourth-order valence-electron chi connectivity index (χ4n) is 4.33. The van der Waals surface area contributed by atoms with Crippen LogP contribution in [0.2, 0.25) is 0 Å². The van der Waals surface area contributed by atoms with E-state index in [4.69, 9.17) is 14.2 Å². The molecule has 4 aromatic carbocycles. The maximum absolute atomic E-state index is 13.4. The number of carbonyl (C=O) groups excluding carboxylic acids is 3. The molecule has 4 aromatic rings. The van der Waals surface area contributed by atoms with Crippen LogP contribution in [0.25, 0.3) is 6.08 Å². The van der Waals surface area contributed by atoms with Crippen LogP contribution in [0.15, 0.2) is 101 Å². The van der Waals surface area contributed by atoms with Crippen molar-refractivity contribution < 1.29 is 33.0 Å². The van der Waals surface area contributed by atoms with Gasteiger partial charge >= 0.3 is 6.03 Å². The quantitative estimate of drug-likeness (QED) is 0.151. The van der Waals surface area contributed by atoms with Crippen LogP contribution in [-0.2, 0) is 22.8 Å². The molecule has 4 amide bonds. The number of hydrogen-bond donors (Lipinski definition) is 1. The standard InChI is InChI=1S/C33H26BrFN2O6/c1-2-41-30-16-22(8-14-29(30)43-19-21-6-4-3-5-7-21)20-42-28-15-9-24(34)17-23(28)18-27-31(38)36-33(40)37(32(27)39)26-12-10-25(35)11-13-26/h3-18H,2,19-20H2,1H3,(H,36,38,40)/b27-18+. The van der Waals surface area contributed by atoms with E-state index in [2.05, 4.69) is 21.2 Å². The Bertz CT molecular complexity index is 1690. The van der Waals surface area contributed by atoms with E-state index in [-0.39, 0.29) is 17.9 Å². The van der Waals surface area contributed by atoms with Crippen LogP contribution in [0.5, 0.6) is 17.2 Å². The van der Waals surface area contributed by atoms with Gasteiger partial charge in [0.25, 0.3) is 11.8 Å². The summed E-state index contributed by atoms with van der Waals surface area (Å²) in [5.74, 6) is -0.660. The summed E-state index contributed by atoms with van der Waals surface area (Å²) in [6.07, 6.45) is 1.35.